The summed E-state index contributed by atoms with van der Waals surface area (Å²) in [5, 5.41) is 8.70. The second-order valence-electron chi connectivity index (χ2n) is 5.28. The first kappa shape index (κ1) is 15.8. The molecule has 1 amide bonds. The van der Waals surface area contributed by atoms with Gasteiger partial charge in [-0.15, -0.1) is 0 Å². The van der Waals surface area contributed by atoms with E-state index in [0.717, 1.165) is 12.8 Å². The number of methoxy groups -OCH3 is 1. The normalized spacial score (nSPS) is 17.4. The minimum Gasteiger partial charge on any atom is -0.497 e. The number of sulfone groups is 1. The second-order valence-corrected chi connectivity index (χ2v) is 7.63. The van der Waals surface area contributed by atoms with Crippen LogP contribution in [0, 0.1) is 0 Å². The minimum atomic E-state index is -3.66. The topological polar surface area (TPSA) is 92.7 Å². The standard InChI is InChI=1S/C14H19NO5S/c1-20-11-4-6-12(7-5-11)21(18,19)14(8-2-3-9-14)10-13(16)15-17/h4-7,17H,2-3,8-10H2,1H3,(H,15,16). The maximum absolute atomic E-state index is 12.9. The number of carbonyl (C=O) groups excluding carboxylic acids is 1. The molecule has 0 unspecified atom stereocenters. The van der Waals surface area contributed by atoms with Gasteiger partial charge >= 0.3 is 0 Å². The number of hydroxylamine groups is 1. The highest BCUT2D eigenvalue weighted by atomic mass is 32.2. The van der Waals surface area contributed by atoms with Gasteiger partial charge in [0.1, 0.15) is 5.75 Å². The summed E-state index contributed by atoms with van der Waals surface area (Å²) in [5.41, 5.74) is 1.54. The Morgan fingerprint density at radius 3 is 2.33 bits per heavy atom. The van der Waals surface area contributed by atoms with E-state index < -0.39 is 20.5 Å². The highest BCUT2D eigenvalue weighted by Crippen LogP contribution is 2.43. The lowest BCUT2D eigenvalue weighted by molar-refractivity contribution is -0.129. The van der Waals surface area contributed by atoms with Crippen LogP contribution in [0.15, 0.2) is 29.2 Å². The Balaban J connectivity index is 2.39. The quantitative estimate of drug-likeness (QED) is 0.637. The molecule has 7 heteroatoms. The summed E-state index contributed by atoms with van der Waals surface area (Å²) in [7, 11) is -2.15. The van der Waals surface area contributed by atoms with E-state index in [9.17, 15) is 13.2 Å². The molecule has 21 heavy (non-hydrogen) atoms. The molecule has 1 saturated carbocycles. The molecule has 0 spiro atoms. The molecule has 1 fully saturated rings. The Bertz CT molecular complexity index is 603. The molecule has 0 aliphatic heterocycles. The largest absolute Gasteiger partial charge is 0.497 e. The van der Waals surface area contributed by atoms with Crippen LogP contribution in [0.5, 0.6) is 5.75 Å². The summed E-state index contributed by atoms with van der Waals surface area (Å²) in [6.45, 7) is 0. The lowest BCUT2D eigenvalue weighted by Gasteiger charge is -2.28. The third kappa shape index (κ3) is 2.89. The molecule has 0 saturated heterocycles. The van der Waals surface area contributed by atoms with Crippen LogP contribution in [0.1, 0.15) is 32.1 Å². The van der Waals surface area contributed by atoms with Crippen LogP contribution in [-0.4, -0.2) is 31.4 Å². The monoisotopic (exact) mass is 313 g/mol. The highest BCUT2D eigenvalue weighted by molar-refractivity contribution is 7.92. The second kappa shape index (κ2) is 6.03. The molecule has 1 aromatic rings. The van der Waals surface area contributed by atoms with Crippen LogP contribution in [0.4, 0.5) is 0 Å². The van der Waals surface area contributed by atoms with Gasteiger partial charge in [0.05, 0.1) is 16.8 Å². The van der Waals surface area contributed by atoms with Gasteiger partial charge in [-0.05, 0) is 37.1 Å². The number of amides is 1. The molecule has 0 atom stereocenters. The summed E-state index contributed by atoms with van der Waals surface area (Å²) in [4.78, 5) is 11.7. The molecule has 0 radical (unpaired) electrons. The molecule has 2 rings (SSSR count). The minimum absolute atomic E-state index is 0.177. The maximum atomic E-state index is 12.9. The Morgan fingerprint density at radius 1 is 1.29 bits per heavy atom. The van der Waals surface area contributed by atoms with Gasteiger partial charge in [0, 0.05) is 6.42 Å². The molecule has 2 N–H and O–H groups in total. The van der Waals surface area contributed by atoms with E-state index in [4.69, 9.17) is 9.94 Å². The van der Waals surface area contributed by atoms with Crippen molar-refractivity contribution in [2.24, 2.45) is 0 Å². The van der Waals surface area contributed by atoms with Crippen molar-refractivity contribution in [3.63, 3.8) is 0 Å². The molecular formula is C14H19NO5S. The Hall–Kier alpha value is -1.60. The molecule has 6 nitrogen and oxygen atoms in total. The molecule has 0 bridgehead atoms. The van der Waals surface area contributed by atoms with Crippen molar-refractivity contribution in [1.82, 2.24) is 5.48 Å². The van der Waals surface area contributed by atoms with Gasteiger partial charge in [-0.25, -0.2) is 13.9 Å². The zero-order valence-corrected chi connectivity index (χ0v) is 12.6. The predicted octanol–water partition coefficient (Wildman–Crippen LogP) is 1.68. The van der Waals surface area contributed by atoms with Crippen LogP contribution in [-0.2, 0) is 14.6 Å². The van der Waals surface area contributed by atoms with Crippen LogP contribution in [0.3, 0.4) is 0 Å². The SMILES string of the molecule is COc1ccc(S(=O)(=O)C2(CC(=O)NO)CCCC2)cc1. The first-order chi connectivity index (χ1) is 9.95. The zero-order valence-electron chi connectivity index (χ0n) is 11.8. The summed E-state index contributed by atoms with van der Waals surface area (Å²) >= 11 is 0. The maximum Gasteiger partial charge on any atom is 0.244 e. The number of nitrogens with one attached hydrogen (secondary N) is 1. The fourth-order valence-electron chi connectivity index (χ4n) is 2.90. The number of benzene rings is 1. The molecule has 0 aromatic heterocycles. The first-order valence-corrected chi connectivity index (χ1v) is 8.25. The number of hydrogen-bond acceptors (Lipinski definition) is 5. The van der Waals surface area contributed by atoms with Gasteiger partial charge in [-0.1, -0.05) is 12.8 Å². The van der Waals surface area contributed by atoms with Gasteiger partial charge in [0.15, 0.2) is 9.84 Å². The van der Waals surface area contributed by atoms with Gasteiger partial charge in [0.2, 0.25) is 5.91 Å². The molecule has 0 heterocycles. The molecule has 1 aliphatic rings. The van der Waals surface area contributed by atoms with E-state index in [1.807, 2.05) is 0 Å². The van der Waals surface area contributed by atoms with Crippen molar-refractivity contribution in [1.29, 1.82) is 0 Å². The molecule has 1 aliphatic carbocycles. The third-order valence-corrected chi connectivity index (χ3v) is 6.65. The number of carbonyl (C=O) groups is 1. The van der Waals surface area contributed by atoms with E-state index in [-0.39, 0.29) is 11.3 Å². The Kier molecular flexibility index (Phi) is 4.53. The van der Waals surface area contributed by atoms with Crippen molar-refractivity contribution < 1.29 is 23.2 Å². The first-order valence-electron chi connectivity index (χ1n) is 6.77. The van der Waals surface area contributed by atoms with E-state index in [1.165, 1.54) is 24.7 Å². The smallest absolute Gasteiger partial charge is 0.244 e. The van der Waals surface area contributed by atoms with E-state index >= 15 is 0 Å². The molecular weight excluding hydrogens is 294 g/mol. The molecule has 1 aromatic carbocycles. The number of ether oxygens (including phenoxy) is 1. The van der Waals surface area contributed by atoms with Crippen molar-refractivity contribution >= 4 is 15.7 Å². The zero-order chi connectivity index (χ0) is 15.5. The van der Waals surface area contributed by atoms with Crippen molar-refractivity contribution in [2.75, 3.05) is 7.11 Å². The van der Waals surface area contributed by atoms with Gasteiger partial charge < -0.3 is 4.74 Å². The van der Waals surface area contributed by atoms with Crippen LogP contribution in [0.2, 0.25) is 0 Å². The average Bonchev–Trinajstić information content (AvgIpc) is 2.97. The number of rotatable bonds is 5. The summed E-state index contributed by atoms with van der Waals surface area (Å²) < 4.78 is 29.7. The Labute approximate surface area is 124 Å². The fourth-order valence-corrected chi connectivity index (χ4v) is 5.04. The summed E-state index contributed by atoms with van der Waals surface area (Å²) in [6, 6.07) is 6.15. The van der Waals surface area contributed by atoms with Crippen LogP contribution < -0.4 is 10.2 Å². The van der Waals surface area contributed by atoms with Crippen LogP contribution >= 0.6 is 0 Å². The summed E-state index contributed by atoms with van der Waals surface area (Å²) in [5.74, 6) is -0.100. The van der Waals surface area contributed by atoms with E-state index in [0.29, 0.717) is 18.6 Å². The van der Waals surface area contributed by atoms with E-state index in [1.54, 1.807) is 12.1 Å². The van der Waals surface area contributed by atoms with Crippen molar-refractivity contribution in [3.8, 4) is 5.75 Å². The lowest BCUT2D eigenvalue weighted by Crippen LogP contribution is -2.40. The van der Waals surface area contributed by atoms with Crippen molar-refractivity contribution in [3.05, 3.63) is 24.3 Å². The summed E-state index contributed by atoms with van der Waals surface area (Å²) in [6.07, 6.45) is 2.14. The highest BCUT2D eigenvalue weighted by Gasteiger charge is 2.48. The van der Waals surface area contributed by atoms with Gasteiger partial charge in [-0.3, -0.25) is 10.0 Å². The number of hydrogen-bond donors (Lipinski definition) is 2. The average molecular weight is 313 g/mol. The van der Waals surface area contributed by atoms with Crippen molar-refractivity contribution in [2.45, 2.75) is 41.7 Å². The van der Waals surface area contributed by atoms with Crippen LogP contribution in [0.25, 0.3) is 0 Å². The third-order valence-electron chi connectivity index (χ3n) is 4.06. The Morgan fingerprint density at radius 2 is 1.86 bits per heavy atom. The fraction of sp³-hybridized carbons (Fsp3) is 0.500. The predicted molar refractivity (Wildman–Crippen MR) is 75.9 cm³/mol. The molecule has 116 valence electrons. The van der Waals surface area contributed by atoms with E-state index in [2.05, 4.69) is 0 Å². The van der Waals surface area contributed by atoms with Gasteiger partial charge in [0.25, 0.3) is 0 Å². The lowest BCUT2D eigenvalue weighted by atomic mass is 10.0. The van der Waals surface area contributed by atoms with Gasteiger partial charge in [-0.2, -0.15) is 0 Å².